The van der Waals surface area contributed by atoms with E-state index in [0.717, 1.165) is 12.1 Å². The highest BCUT2D eigenvalue weighted by Crippen LogP contribution is 2.27. The number of nitrogens with one attached hydrogen (secondary N) is 1. The van der Waals surface area contributed by atoms with Crippen LogP contribution in [0.1, 0.15) is 12.0 Å². The van der Waals surface area contributed by atoms with Gasteiger partial charge in [-0.25, -0.2) is 0 Å². The van der Waals surface area contributed by atoms with E-state index in [1.807, 2.05) is 31.3 Å². The molecule has 0 aliphatic heterocycles. The molecule has 0 atom stereocenters. The second-order valence-electron chi connectivity index (χ2n) is 5.51. The van der Waals surface area contributed by atoms with Crippen LogP contribution < -0.4 is 10.1 Å². The summed E-state index contributed by atoms with van der Waals surface area (Å²) < 4.78 is 5.22. The smallest absolute Gasteiger partial charge is 0.225 e. The minimum atomic E-state index is -0.0893. The molecule has 6 heteroatoms. The lowest BCUT2D eigenvalue weighted by molar-refractivity contribution is -0.116. The van der Waals surface area contributed by atoms with Gasteiger partial charge in [0.1, 0.15) is 5.75 Å². The van der Waals surface area contributed by atoms with Crippen molar-refractivity contribution in [1.82, 2.24) is 4.90 Å². The van der Waals surface area contributed by atoms with Gasteiger partial charge < -0.3 is 15.0 Å². The van der Waals surface area contributed by atoms with E-state index >= 15 is 0 Å². The molecule has 0 bridgehead atoms. The predicted molar refractivity (Wildman–Crippen MR) is 99.0 cm³/mol. The monoisotopic (exact) mass is 366 g/mol. The van der Waals surface area contributed by atoms with Crippen molar-refractivity contribution in [3.05, 3.63) is 58.1 Å². The fourth-order valence-corrected chi connectivity index (χ4v) is 2.69. The topological polar surface area (TPSA) is 41.6 Å². The molecule has 0 unspecified atom stereocenters. The number of anilines is 1. The van der Waals surface area contributed by atoms with E-state index in [-0.39, 0.29) is 5.91 Å². The van der Waals surface area contributed by atoms with Gasteiger partial charge in [0, 0.05) is 29.6 Å². The maximum absolute atomic E-state index is 12.1. The number of benzene rings is 2. The number of hydrogen-bond donors (Lipinski definition) is 1. The molecule has 0 aliphatic rings. The van der Waals surface area contributed by atoms with E-state index in [2.05, 4.69) is 10.2 Å². The van der Waals surface area contributed by atoms with Gasteiger partial charge in [-0.15, -0.1) is 0 Å². The highest BCUT2D eigenvalue weighted by molar-refractivity contribution is 6.31. The first-order valence-corrected chi connectivity index (χ1v) is 8.30. The maximum Gasteiger partial charge on any atom is 0.225 e. The molecule has 0 aromatic heterocycles. The summed E-state index contributed by atoms with van der Waals surface area (Å²) in [5.74, 6) is 0.494. The van der Waals surface area contributed by atoms with E-state index in [9.17, 15) is 4.79 Å². The predicted octanol–water partition coefficient (Wildman–Crippen LogP) is 4.46. The van der Waals surface area contributed by atoms with Gasteiger partial charge in [-0.05, 0) is 42.9 Å². The molecule has 2 aromatic rings. The fourth-order valence-electron chi connectivity index (χ4n) is 2.31. The Hall–Kier alpha value is -1.75. The van der Waals surface area contributed by atoms with Gasteiger partial charge in [0.15, 0.2) is 0 Å². The number of halogens is 2. The molecule has 0 aliphatic carbocycles. The van der Waals surface area contributed by atoms with Crippen LogP contribution in [0.15, 0.2) is 42.5 Å². The zero-order valence-electron chi connectivity index (χ0n) is 13.7. The summed E-state index contributed by atoms with van der Waals surface area (Å²) >= 11 is 11.9. The van der Waals surface area contributed by atoms with E-state index in [1.165, 1.54) is 0 Å². The lowest BCUT2D eigenvalue weighted by Gasteiger charge is -2.17. The lowest BCUT2D eigenvalue weighted by atomic mass is 10.2. The molecule has 0 fully saturated rings. The Balaban J connectivity index is 1.85. The molecule has 0 saturated heterocycles. The molecule has 24 heavy (non-hydrogen) atoms. The molecule has 2 rings (SSSR count). The van der Waals surface area contributed by atoms with Gasteiger partial charge in [-0.2, -0.15) is 0 Å². The van der Waals surface area contributed by atoms with Crippen LogP contribution in [0.2, 0.25) is 10.0 Å². The second-order valence-corrected chi connectivity index (χ2v) is 6.38. The first-order chi connectivity index (χ1) is 11.5. The summed E-state index contributed by atoms with van der Waals surface area (Å²) in [5, 5.41) is 4.09. The minimum absolute atomic E-state index is 0.0893. The summed E-state index contributed by atoms with van der Waals surface area (Å²) in [7, 11) is 3.52. The van der Waals surface area contributed by atoms with Gasteiger partial charge in [0.2, 0.25) is 5.91 Å². The van der Waals surface area contributed by atoms with Gasteiger partial charge >= 0.3 is 0 Å². The largest absolute Gasteiger partial charge is 0.495 e. The second kappa shape index (κ2) is 8.92. The van der Waals surface area contributed by atoms with Crippen molar-refractivity contribution in [3.8, 4) is 5.75 Å². The Kier molecular flexibility index (Phi) is 6.91. The Bertz CT molecular complexity index is 707. The first kappa shape index (κ1) is 18.6. The number of ether oxygens (including phenoxy) is 1. The van der Waals surface area contributed by atoms with Crippen LogP contribution in [0.5, 0.6) is 5.75 Å². The average molecular weight is 367 g/mol. The summed E-state index contributed by atoms with van der Waals surface area (Å²) in [5.41, 5.74) is 1.69. The zero-order chi connectivity index (χ0) is 17.5. The van der Waals surface area contributed by atoms with Crippen LogP contribution >= 0.6 is 23.2 Å². The minimum Gasteiger partial charge on any atom is -0.495 e. The van der Waals surface area contributed by atoms with Crippen molar-refractivity contribution in [2.45, 2.75) is 13.0 Å². The molecule has 0 radical (unpaired) electrons. The van der Waals surface area contributed by atoms with Gasteiger partial charge in [0.25, 0.3) is 0 Å². The van der Waals surface area contributed by atoms with Crippen LogP contribution in [-0.4, -0.2) is 31.5 Å². The Morgan fingerprint density at radius 2 is 1.92 bits per heavy atom. The third-order valence-electron chi connectivity index (χ3n) is 3.50. The summed E-state index contributed by atoms with van der Waals surface area (Å²) in [6.45, 7) is 1.36. The quantitative estimate of drug-likeness (QED) is 0.786. The summed E-state index contributed by atoms with van der Waals surface area (Å²) in [6.07, 6.45) is 0.368. The molecular weight excluding hydrogens is 347 g/mol. The normalized spacial score (nSPS) is 10.7. The van der Waals surface area contributed by atoms with Crippen molar-refractivity contribution < 1.29 is 9.53 Å². The number of amides is 1. The van der Waals surface area contributed by atoms with Crippen LogP contribution in [0.3, 0.4) is 0 Å². The summed E-state index contributed by atoms with van der Waals surface area (Å²) in [4.78, 5) is 14.2. The van der Waals surface area contributed by atoms with E-state index in [1.54, 1.807) is 25.3 Å². The Morgan fingerprint density at radius 1 is 1.17 bits per heavy atom. The van der Waals surface area contributed by atoms with Crippen molar-refractivity contribution in [2.24, 2.45) is 0 Å². The molecule has 0 spiro atoms. The van der Waals surface area contributed by atoms with Crippen LogP contribution in [0.25, 0.3) is 0 Å². The molecule has 1 N–H and O–H groups in total. The molecule has 128 valence electrons. The SMILES string of the molecule is COc1ccc(Cl)cc1NC(=O)CCN(C)Cc1cccc(Cl)c1. The number of hydrogen-bond acceptors (Lipinski definition) is 3. The number of nitrogens with zero attached hydrogens (tertiary/aromatic N) is 1. The first-order valence-electron chi connectivity index (χ1n) is 7.54. The molecular formula is C18H20Cl2N2O2. The molecule has 0 saturated carbocycles. The van der Waals surface area contributed by atoms with Crippen molar-refractivity contribution in [3.63, 3.8) is 0 Å². The average Bonchev–Trinajstić information content (AvgIpc) is 2.53. The van der Waals surface area contributed by atoms with Crippen LogP contribution in [0.4, 0.5) is 5.69 Å². The van der Waals surface area contributed by atoms with Crippen LogP contribution in [-0.2, 0) is 11.3 Å². The third-order valence-corrected chi connectivity index (χ3v) is 3.97. The number of carbonyl (C=O) groups excluding carboxylic acids is 1. The van der Waals surface area contributed by atoms with Gasteiger partial charge in [-0.3, -0.25) is 4.79 Å². The van der Waals surface area contributed by atoms with Crippen molar-refractivity contribution in [2.75, 3.05) is 26.0 Å². The van der Waals surface area contributed by atoms with Gasteiger partial charge in [0.05, 0.1) is 12.8 Å². The highest BCUT2D eigenvalue weighted by Gasteiger charge is 2.10. The third kappa shape index (κ3) is 5.71. The van der Waals surface area contributed by atoms with E-state index in [0.29, 0.717) is 34.4 Å². The molecule has 0 heterocycles. The van der Waals surface area contributed by atoms with E-state index < -0.39 is 0 Å². The van der Waals surface area contributed by atoms with Gasteiger partial charge in [-0.1, -0.05) is 35.3 Å². The van der Waals surface area contributed by atoms with E-state index in [4.69, 9.17) is 27.9 Å². The zero-order valence-corrected chi connectivity index (χ0v) is 15.2. The molecule has 1 amide bonds. The fraction of sp³-hybridized carbons (Fsp3) is 0.278. The maximum atomic E-state index is 12.1. The lowest BCUT2D eigenvalue weighted by Crippen LogP contribution is -2.24. The van der Waals surface area contributed by atoms with Crippen molar-refractivity contribution >= 4 is 34.8 Å². The highest BCUT2D eigenvalue weighted by atomic mass is 35.5. The number of methoxy groups -OCH3 is 1. The Labute approximate surface area is 152 Å². The Morgan fingerprint density at radius 3 is 2.62 bits per heavy atom. The number of rotatable bonds is 7. The number of carbonyl (C=O) groups is 1. The standard InChI is InChI=1S/C18H20Cl2N2O2/c1-22(12-13-4-3-5-14(19)10-13)9-8-18(23)21-16-11-15(20)6-7-17(16)24-2/h3-7,10-11H,8-9,12H2,1-2H3,(H,21,23). The molecule has 4 nitrogen and oxygen atoms in total. The van der Waals surface area contributed by atoms with Crippen LogP contribution in [0, 0.1) is 0 Å². The summed E-state index contributed by atoms with van der Waals surface area (Å²) in [6, 6.07) is 12.8. The van der Waals surface area contributed by atoms with Crippen molar-refractivity contribution in [1.29, 1.82) is 0 Å². The molecule has 2 aromatic carbocycles.